The molecule has 3 saturated heterocycles. The molecule has 25 heteroatoms. The highest BCUT2D eigenvalue weighted by molar-refractivity contribution is 8.07. The molecule has 5 N–H and O–H groups in total. The van der Waals surface area contributed by atoms with Crippen molar-refractivity contribution in [3.63, 3.8) is 0 Å². The zero-order chi connectivity index (χ0) is 41.1. The minimum Gasteiger partial charge on any atom is -0.387 e. The summed E-state index contributed by atoms with van der Waals surface area (Å²) >= 11 is 10.7. The van der Waals surface area contributed by atoms with E-state index in [0.29, 0.717) is 11.3 Å². The van der Waals surface area contributed by atoms with Crippen molar-refractivity contribution in [1.29, 1.82) is 0 Å². The monoisotopic (exact) mass is 878 g/mol. The van der Waals surface area contributed by atoms with Gasteiger partial charge in [-0.25, -0.2) is 24.9 Å². The Balaban J connectivity index is 1.05. The zero-order valence-corrected chi connectivity index (χ0v) is 33.9. The predicted molar refractivity (Wildman–Crippen MR) is 207 cm³/mol. The lowest BCUT2D eigenvalue weighted by Gasteiger charge is -2.28. The fraction of sp³-hybridized carbons (Fsp3) is 0.455. The van der Waals surface area contributed by atoms with Gasteiger partial charge in [-0.15, -0.1) is 0 Å². The molecule has 2 unspecified atom stereocenters. The molecule has 3 aromatic heterocycles. The fourth-order valence-electron chi connectivity index (χ4n) is 6.82. The second-order valence-electron chi connectivity index (χ2n) is 14.0. The minimum absolute atomic E-state index is 0.000367. The smallest absolute Gasteiger partial charge is 0.325 e. The maximum atomic E-state index is 13.0. The first-order chi connectivity index (χ1) is 27.6. The Morgan fingerprint density at radius 1 is 0.897 bits per heavy atom. The number of imidazole rings is 2. The van der Waals surface area contributed by atoms with Crippen molar-refractivity contribution in [1.82, 2.24) is 29.1 Å². The van der Waals surface area contributed by atoms with E-state index in [1.807, 2.05) is 0 Å². The summed E-state index contributed by atoms with van der Waals surface area (Å²) in [6.07, 6.45) is -7.79. The van der Waals surface area contributed by atoms with E-state index in [0.717, 1.165) is 0 Å². The van der Waals surface area contributed by atoms with Crippen LogP contribution < -0.4 is 5.32 Å². The molecule has 4 aliphatic rings. The SMILES string of the molecule is CC(C)C(=O)CC1=Nc2c(ncn2[C@@H]2O[C@@H]3COP(O)(=S)O[C@@H]4[C@H](O)[C@@H](COP(O)(=S)O[C@H]3[C@H]2O)O[C@H]4n2cnc3c(NC(=O)c4ccccc4)ncnc32)C(=O)C1. The molecule has 1 aromatic carbocycles. The molecule has 8 rings (SSSR count). The van der Waals surface area contributed by atoms with Crippen LogP contribution in [0.3, 0.4) is 0 Å². The van der Waals surface area contributed by atoms with Gasteiger partial charge in [-0.2, -0.15) is 0 Å². The highest BCUT2D eigenvalue weighted by Gasteiger charge is 2.53. The molecular weight excluding hydrogens is 842 g/mol. The maximum absolute atomic E-state index is 13.0. The van der Waals surface area contributed by atoms with Gasteiger partial charge in [0.1, 0.15) is 48.7 Å². The normalized spacial score (nSPS) is 32.8. The highest BCUT2D eigenvalue weighted by Crippen LogP contribution is 2.54. The molecule has 21 nitrogen and oxygen atoms in total. The lowest BCUT2D eigenvalue weighted by atomic mass is 9.98. The van der Waals surface area contributed by atoms with Gasteiger partial charge in [-0.05, 0) is 35.7 Å². The van der Waals surface area contributed by atoms with Crippen LogP contribution in [0.2, 0.25) is 0 Å². The lowest BCUT2D eigenvalue weighted by Crippen LogP contribution is -2.36. The van der Waals surface area contributed by atoms with Gasteiger partial charge in [-0.3, -0.25) is 32.6 Å². The molecule has 7 heterocycles. The van der Waals surface area contributed by atoms with E-state index in [4.69, 9.17) is 51.2 Å². The van der Waals surface area contributed by atoms with Crippen LogP contribution in [0.1, 0.15) is 60.0 Å². The quantitative estimate of drug-likeness (QED) is 0.166. The maximum Gasteiger partial charge on any atom is 0.325 e. The first kappa shape index (κ1) is 41.1. The average molecular weight is 879 g/mol. The van der Waals surface area contributed by atoms with Gasteiger partial charge < -0.3 is 43.8 Å². The second kappa shape index (κ2) is 16.1. The van der Waals surface area contributed by atoms with Crippen molar-refractivity contribution in [2.24, 2.45) is 10.9 Å². The number of anilines is 1. The van der Waals surface area contributed by atoms with Crippen LogP contribution in [0.15, 0.2) is 54.3 Å². The van der Waals surface area contributed by atoms with Crippen molar-refractivity contribution in [3.8, 4) is 0 Å². The standard InChI is InChI=1S/C33H36N8O13P2S2/c1-15(2)18(42)8-17-9-19(43)22-30(38-17)41(13-36-22)32-25(45)26-21(52-32)11-50-56(48,58)54-27-24(44)20(10-49-55(47,57)53-26)51-33(27)40-14-37-23-28(34-12-35-29(23)40)39-31(46)16-6-4-3-5-7-16/h3-7,12-15,20-21,24-27,32-33,44-45H,8-11H2,1-2H3,(H,47,57)(H,48,58)(H,34,35,39,46)/t20-,21-,24-,25-,26-,27-,32-,33-,55?,56?/m1/s1. The zero-order valence-electron chi connectivity index (χ0n) is 30.4. The Bertz CT molecular complexity index is 2400. The number of amides is 1. The number of carbonyl (C=O) groups excluding carboxylic acids is 3. The first-order valence-electron chi connectivity index (χ1n) is 17.8. The van der Waals surface area contributed by atoms with E-state index in [1.54, 1.807) is 44.2 Å². The molecule has 0 aliphatic carbocycles. The summed E-state index contributed by atoms with van der Waals surface area (Å²) in [7, 11) is 0. The van der Waals surface area contributed by atoms with E-state index in [-0.39, 0.29) is 58.8 Å². The molecule has 2 bridgehead atoms. The van der Waals surface area contributed by atoms with E-state index in [2.05, 4.69) is 30.2 Å². The molecule has 1 amide bonds. The average Bonchev–Trinajstić information content (AvgIpc) is 3.95. The van der Waals surface area contributed by atoms with Gasteiger partial charge in [0.05, 0.1) is 32.3 Å². The number of ketones is 2. The molecule has 58 heavy (non-hydrogen) atoms. The van der Waals surface area contributed by atoms with Gasteiger partial charge in [0.2, 0.25) is 0 Å². The molecular formula is C33H36N8O13P2S2. The second-order valence-corrected chi connectivity index (χ2v) is 19.6. The molecule has 0 radical (unpaired) electrons. The number of ether oxygens (including phenoxy) is 2. The van der Waals surface area contributed by atoms with Gasteiger partial charge in [0.25, 0.3) is 5.91 Å². The van der Waals surface area contributed by atoms with E-state index >= 15 is 0 Å². The number of aromatic nitrogens is 6. The number of benzene rings is 1. The third kappa shape index (κ3) is 8.13. The lowest BCUT2D eigenvalue weighted by molar-refractivity contribution is -0.120. The molecule has 308 valence electrons. The molecule has 0 saturated carbocycles. The Morgan fingerprint density at radius 2 is 1.57 bits per heavy atom. The van der Waals surface area contributed by atoms with Gasteiger partial charge in [0.15, 0.2) is 46.7 Å². The van der Waals surface area contributed by atoms with Crippen LogP contribution in [0.5, 0.6) is 0 Å². The summed E-state index contributed by atoms with van der Waals surface area (Å²) in [5.41, 5.74) is 0.985. The van der Waals surface area contributed by atoms with Crippen molar-refractivity contribution in [2.45, 2.75) is 75.8 Å². The number of aliphatic hydroxyl groups is 2. The van der Waals surface area contributed by atoms with Gasteiger partial charge in [0, 0.05) is 23.6 Å². The van der Waals surface area contributed by atoms with Crippen molar-refractivity contribution in [2.75, 3.05) is 18.5 Å². The Labute approximate surface area is 338 Å². The van der Waals surface area contributed by atoms with Crippen molar-refractivity contribution >= 4 is 83.0 Å². The van der Waals surface area contributed by atoms with Crippen molar-refractivity contribution in [3.05, 3.63) is 60.6 Å². The predicted octanol–water partition coefficient (Wildman–Crippen LogP) is 2.02. The molecule has 4 aliphatic heterocycles. The fourth-order valence-corrected chi connectivity index (χ4v) is 9.68. The summed E-state index contributed by atoms with van der Waals surface area (Å²) in [6.45, 7) is -6.30. The summed E-state index contributed by atoms with van der Waals surface area (Å²) < 4.78 is 37.9. The number of hydrogen-bond donors (Lipinski definition) is 5. The van der Waals surface area contributed by atoms with E-state index < -0.39 is 81.6 Å². The topological polar surface area (TPSA) is 273 Å². The highest BCUT2D eigenvalue weighted by atomic mass is 32.5. The number of nitrogens with one attached hydrogen (secondary N) is 1. The van der Waals surface area contributed by atoms with Crippen LogP contribution in [-0.4, -0.2) is 122 Å². The molecule has 10 atom stereocenters. The van der Waals surface area contributed by atoms with Crippen LogP contribution >= 0.6 is 13.4 Å². The van der Waals surface area contributed by atoms with Crippen LogP contribution in [0.25, 0.3) is 11.2 Å². The first-order valence-corrected chi connectivity index (χ1v) is 23.0. The number of carbonyl (C=O) groups is 3. The van der Waals surface area contributed by atoms with Gasteiger partial charge in [-0.1, -0.05) is 32.0 Å². The summed E-state index contributed by atoms with van der Waals surface area (Å²) in [6, 6.07) is 8.44. The van der Waals surface area contributed by atoms with Crippen LogP contribution in [-0.2, 0) is 56.0 Å². The number of aliphatic imine (C=N–C) groups is 1. The number of hydrogen-bond acceptors (Lipinski definition) is 18. The number of Topliss-reactive ketones (excluding diaryl/α,β-unsaturated/α-hetero) is 2. The Morgan fingerprint density at radius 3 is 2.29 bits per heavy atom. The van der Waals surface area contributed by atoms with E-state index in [9.17, 15) is 34.4 Å². The number of aliphatic hydroxyl groups excluding tert-OH is 2. The van der Waals surface area contributed by atoms with Gasteiger partial charge >= 0.3 is 13.4 Å². The van der Waals surface area contributed by atoms with Crippen molar-refractivity contribution < 1.29 is 62.0 Å². The number of fused-ring (bicyclic) bond motifs is 5. The van der Waals surface area contributed by atoms with Crippen LogP contribution in [0, 0.1) is 5.92 Å². The minimum atomic E-state index is -4.32. The Hall–Kier alpha value is -3.64. The molecule has 0 spiro atoms. The largest absolute Gasteiger partial charge is 0.387 e. The third-order valence-corrected chi connectivity index (χ3v) is 12.9. The molecule has 3 fully saturated rings. The third-order valence-electron chi connectivity index (χ3n) is 9.79. The number of nitrogens with zero attached hydrogens (tertiary/aromatic N) is 7. The summed E-state index contributed by atoms with van der Waals surface area (Å²) in [5.74, 6) is -1.12. The van der Waals surface area contributed by atoms with Crippen LogP contribution in [0.4, 0.5) is 11.6 Å². The number of rotatable bonds is 7. The molecule has 4 aromatic rings. The summed E-state index contributed by atoms with van der Waals surface area (Å²) in [4.78, 5) is 82.5. The Kier molecular flexibility index (Phi) is 11.4. The van der Waals surface area contributed by atoms with E-state index in [1.165, 1.54) is 28.1 Å². The summed E-state index contributed by atoms with van der Waals surface area (Å²) in [5, 5.41) is 25.7.